The van der Waals surface area contributed by atoms with Crippen LogP contribution in [0.25, 0.3) is 11.1 Å². The Balaban J connectivity index is 1.89. The van der Waals surface area contributed by atoms with Gasteiger partial charge in [0.1, 0.15) is 5.54 Å². The molecule has 3 rings (SSSR count). The van der Waals surface area contributed by atoms with Crippen LogP contribution >= 0.6 is 0 Å². The van der Waals surface area contributed by atoms with E-state index in [4.69, 9.17) is 0 Å². The Labute approximate surface area is 140 Å². The average molecular weight is 324 g/mol. The third kappa shape index (κ3) is 2.85. The summed E-state index contributed by atoms with van der Waals surface area (Å²) in [6.07, 6.45) is 0.163. The standard InChI is InChI=1S/C19H20N2O3/c1-19(12-7-13-21(19)18(23)24)17(22)20-16-11-6-5-10-15(16)14-8-3-2-4-9-14/h2-6,8-11H,7,12-13H2,1H3,(H,20,22)(H,23,24)/t19-/m0/s1. The lowest BCUT2D eigenvalue weighted by molar-refractivity contribution is -0.124. The quantitative estimate of drug-likeness (QED) is 0.901. The molecule has 2 aromatic carbocycles. The fraction of sp³-hybridized carbons (Fsp3) is 0.263. The highest BCUT2D eigenvalue weighted by Gasteiger charge is 2.46. The molecule has 1 atom stereocenters. The fourth-order valence-electron chi connectivity index (χ4n) is 3.22. The summed E-state index contributed by atoms with van der Waals surface area (Å²) < 4.78 is 0. The molecule has 1 fully saturated rings. The van der Waals surface area contributed by atoms with Crippen LogP contribution in [0.2, 0.25) is 0 Å². The number of rotatable bonds is 3. The van der Waals surface area contributed by atoms with Gasteiger partial charge in [0.05, 0.1) is 0 Å². The van der Waals surface area contributed by atoms with Gasteiger partial charge in [0.2, 0.25) is 5.91 Å². The number of benzene rings is 2. The molecule has 124 valence electrons. The number of para-hydroxylation sites is 1. The zero-order valence-electron chi connectivity index (χ0n) is 13.5. The molecule has 5 heteroatoms. The van der Waals surface area contributed by atoms with Gasteiger partial charge >= 0.3 is 6.09 Å². The molecule has 1 aliphatic rings. The Bertz CT molecular complexity index is 760. The Morgan fingerprint density at radius 2 is 1.75 bits per heavy atom. The van der Waals surface area contributed by atoms with Crippen molar-refractivity contribution in [2.24, 2.45) is 0 Å². The number of nitrogens with one attached hydrogen (secondary N) is 1. The molecular weight excluding hydrogens is 304 g/mol. The van der Waals surface area contributed by atoms with Crippen LogP contribution in [-0.4, -0.2) is 34.1 Å². The van der Waals surface area contributed by atoms with Crippen molar-refractivity contribution < 1.29 is 14.7 Å². The monoisotopic (exact) mass is 324 g/mol. The molecule has 24 heavy (non-hydrogen) atoms. The van der Waals surface area contributed by atoms with Crippen LogP contribution in [0.4, 0.5) is 10.5 Å². The van der Waals surface area contributed by atoms with Gasteiger partial charge in [-0.25, -0.2) is 4.79 Å². The summed E-state index contributed by atoms with van der Waals surface area (Å²) in [4.78, 5) is 25.5. The van der Waals surface area contributed by atoms with Crippen molar-refractivity contribution in [1.82, 2.24) is 4.90 Å². The van der Waals surface area contributed by atoms with Crippen LogP contribution in [0.1, 0.15) is 19.8 Å². The minimum Gasteiger partial charge on any atom is -0.465 e. The molecule has 1 heterocycles. The normalized spacial score (nSPS) is 20.0. The maximum atomic E-state index is 12.8. The molecule has 0 aromatic heterocycles. The van der Waals surface area contributed by atoms with Crippen LogP contribution < -0.4 is 5.32 Å². The number of anilines is 1. The van der Waals surface area contributed by atoms with Crippen molar-refractivity contribution in [2.75, 3.05) is 11.9 Å². The van der Waals surface area contributed by atoms with Crippen LogP contribution in [0, 0.1) is 0 Å². The molecule has 0 spiro atoms. The molecule has 2 aromatic rings. The number of carboxylic acid groups (broad SMARTS) is 1. The summed E-state index contributed by atoms with van der Waals surface area (Å²) in [6.45, 7) is 2.08. The van der Waals surface area contributed by atoms with E-state index in [1.54, 1.807) is 6.92 Å². The number of likely N-dealkylation sites (tertiary alicyclic amines) is 1. The second kappa shape index (κ2) is 6.35. The van der Waals surface area contributed by atoms with Crippen LogP contribution in [-0.2, 0) is 4.79 Å². The highest BCUT2D eigenvalue weighted by Crippen LogP contribution is 2.33. The number of nitrogens with zero attached hydrogens (tertiary/aromatic N) is 1. The number of carbonyl (C=O) groups is 2. The third-order valence-corrected chi connectivity index (χ3v) is 4.62. The van der Waals surface area contributed by atoms with Gasteiger partial charge in [-0.05, 0) is 31.4 Å². The minimum atomic E-state index is -1.05. The largest absolute Gasteiger partial charge is 0.465 e. The molecule has 0 aliphatic carbocycles. The Kier molecular flexibility index (Phi) is 4.25. The second-order valence-corrected chi connectivity index (χ2v) is 6.18. The summed E-state index contributed by atoms with van der Waals surface area (Å²) in [5, 5.41) is 12.3. The summed E-state index contributed by atoms with van der Waals surface area (Å²) in [5.74, 6) is -0.286. The Morgan fingerprint density at radius 1 is 1.08 bits per heavy atom. The van der Waals surface area contributed by atoms with Gasteiger partial charge in [0, 0.05) is 17.8 Å². The molecule has 2 N–H and O–H groups in total. The van der Waals surface area contributed by atoms with Crippen molar-refractivity contribution in [1.29, 1.82) is 0 Å². The van der Waals surface area contributed by atoms with Crippen LogP contribution in [0.3, 0.4) is 0 Å². The second-order valence-electron chi connectivity index (χ2n) is 6.18. The van der Waals surface area contributed by atoms with E-state index in [2.05, 4.69) is 5.32 Å². The molecule has 0 unspecified atom stereocenters. The van der Waals surface area contributed by atoms with E-state index in [0.29, 0.717) is 25.1 Å². The molecule has 2 amide bonds. The maximum Gasteiger partial charge on any atom is 0.408 e. The van der Waals surface area contributed by atoms with E-state index < -0.39 is 11.6 Å². The molecule has 1 aliphatic heterocycles. The van der Waals surface area contributed by atoms with E-state index in [0.717, 1.165) is 11.1 Å². The lowest BCUT2D eigenvalue weighted by Crippen LogP contribution is -2.52. The van der Waals surface area contributed by atoms with Gasteiger partial charge in [-0.3, -0.25) is 9.69 Å². The highest BCUT2D eigenvalue weighted by molar-refractivity contribution is 6.02. The van der Waals surface area contributed by atoms with Crippen LogP contribution in [0.5, 0.6) is 0 Å². The first-order chi connectivity index (χ1) is 11.5. The van der Waals surface area contributed by atoms with Gasteiger partial charge < -0.3 is 10.4 Å². The zero-order valence-corrected chi connectivity index (χ0v) is 13.5. The zero-order chi connectivity index (χ0) is 17.2. The van der Waals surface area contributed by atoms with Gasteiger partial charge in [0.15, 0.2) is 0 Å². The highest BCUT2D eigenvalue weighted by atomic mass is 16.4. The van der Waals surface area contributed by atoms with Gasteiger partial charge in [-0.15, -0.1) is 0 Å². The average Bonchev–Trinajstić information content (AvgIpc) is 2.99. The first-order valence-electron chi connectivity index (χ1n) is 7.99. The lowest BCUT2D eigenvalue weighted by Gasteiger charge is -2.31. The topological polar surface area (TPSA) is 69.6 Å². The molecule has 0 bridgehead atoms. The number of carbonyl (C=O) groups excluding carboxylic acids is 1. The van der Waals surface area contributed by atoms with Crippen molar-refractivity contribution in [3.8, 4) is 11.1 Å². The number of hydrogen-bond acceptors (Lipinski definition) is 2. The minimum absolute atomic E-state index is 0.286. The third-order valence-electron chi connectivity index (χ3n) is 4.62. The SMILES string of the molecule is C[C@@]1(C(=O)Nc2ccccc2-c2ccccc2)CCCN1C(=O)O. The molecule has 0 saturated carbocycles. The van der Waals surface area contributed by atoms with Crippen molar-refractivity contribution >= 4 is 17.7 Å². The van der Waals surface area contributed by atoms with E-state index in [9.17, 15) is 14.7 Å². The fourth-order valence-corrected chi connectivity index (χ4v) is 3.22. The summed E-state index contributed by atoms with van der Waals surface area (Å²) in [6, 6.07) is 17.3. The van der Waals surface area contributed by atoms with Crippen molar-refractivity contribution in [3.63, 3.8) is 0 Å². The summed E-state index contributed by atoms with van der Waals surface area (Å²) in [7, 11) is 0. The summed E-state index contributed by atoms with van der Waals surface area (Å²) in [5.41, 5.74) is 1.57. The first-order valence-corrected chi connectivity index (χ1v) is 7.99. The maximum absolute atomic E-state index is 12.8. The molecular formula is C19H20N2O3. The van der Waals surface area contributed by atoms with E-state index >= 15 is 0 Å². The van der Waals surface area contributed by atoms with Gasteiger partial charge in [-0.1, -0.05) is 48.5 Å². The Hall–Kier alpha value is -2.82. The lowest BCUT2D eigenvalue weighted by atomic mass is 9.97. The number of hydrogen-bond donors (Lipinski definition) is 2. The van der Waals surface area contributed by atoms with Crippen molar-refractivity contribution in [3.05, 3.63) is 54.6 Å². The molecule has 5 nitrogen and oxygen atoms in total. The smallest absolute Gasteiger partial charge is 0.408 e. The summed E-state index contributed by atoms with van der Waals surface area (Å²) >= 11 is 0. The van der Waals surface area contributed by atoms with Crippen molar-refractivity contribution in [2.45, 2.75) is 25.3 Å². The van der Waals surface area contributed by atoms with E-state index in [1.165, 1.54) is 4.90 Å². The predicted octanol–water partition coefficient (Wildman–Crippen LogP) is 3.82. The Morgan fingerprint density at radius 3 is 2.46 bits per heavy atom. The van der Waals surface area contributed by atoms with E-state index in [-0.39, 0.29) is 5.91 Å². The molecule has 1 saturated heterocycles. The van der Waals surface area contributed by atoms with Gasteiger partial charge in [-0.2, -0.15) is 0 Å². The van der Waals surface area contributed by atoms with Crippen LogP contribution in [0.15, 0.2) is 54.6 Å². The van der Waals surface area contributed by atoms with Gasteiger partial charge in [0.25, 0.3) is 0 Å². The first kappa shape index (κ1) is 16.1. The van der Waals surface area contributed by atoms with E-state index in [1.807, 2.05) is 54.6 Å². The molecule has 0 radical (unpaired) electrons. The number of amides is 2. The predicted molar refractivity (Wildman–Crippen MR) is 92.9 cm³/mol.